The molecule has 0 radical (unpaired) electrons. The summed E-state index contributed by atoms with van der Waals surface area (Å²) in [4.78, 5) is 11.2. The zero-order chi connectivity index (χ0) is 18.5. The first-order valence-corrected chi connectivity index (χ1v) is 9.49. The molecule has 0 aliphatic carbocycles. The second-order valence-corrected chi connectivity index (χ2v) is 7.13. The van der Waals surface area contributed by atoms with E-state index in [0.717, 1.165) is 34.3 Å². The minimum Gasteiger partial charge on any atom is -0.494 e. The minimum absolute atomic E-state index is 0.0668. The van der Waals surface area contributed by atoms with E-state index in [1.807, 2.05) is 36.4 Å². The molecule has 3 aromatic rings. The zero-order valence-electron chi connectivity index (χ0n) is 14.6. The molecule has 0 saturated heterocycles. The summed E-state index contributed by atoms with van der Waals surface area (Å²) < 4.78 is 8.24. The van der Waals surface area contributed by atoms with Crippen molar-refractivity contribution >= 4 is 32.5 Å². The molecule has 136 valence electrons. The monoisotopic (exact) mass is 416 g/mol. The summed E-state index contributed by atoms with van der Waals surface area (Å²) >= 11 is 3.39. The topological polar surface area (TPSA) is 63.8 Å². The number of ether oxygens (including phenoxy) is 1. The first kappa shape index (κ1) is 18.5. The molecule has 1 aromatic heterocycles. The number of hydrogen-bond acceptors (Lipinski definition) is 4. The lowest BCUT2D eigenvalue weighted by atomic mass is 10.2. The number of halogens is 1. The van der Waals surface area contributed by atoms with Crippen molar-refractivity contribution < 1.29 is 9.84 Å². The predicted octanol–water partition coefficient (Wildman–Crippen LogP) is 6.12. The third kappa shape index (κ3) is 3.90. The molecule has 26 heavy (non-hydrogen) atoms. The number of aromatic hydroxyl groups is 1. The molecule has 0 atom stereocenters. The minimum atomic E-state index is -0.118. The van der Waals surface area contributed by atoms with E-state index in [1.54, 1.807) is 10.6 Å². The van der Waals surface area contributed by atoms with Crippen LogP contribution in [0.2, 0.25) is 0 Å². The quantitative estimate of drug-likeness (QED) is 0.355. The summed E-state index contributed by atoms with van der Waals surface area (Å²) in [6, 6.07) is 13.3. The largest absolute Gasteiger partial charge is 0.494 e. The van der Waals surface area contributed by atoms with E-state index >= 15 is 0 Å². The highest BCUT2D eigenvalue weighted by molar-refractivity contribution is 9.10. The van der Waals surface area contributed by atoms with Gasteiger partial charge in [0, 0.05) is 9.86 Å². The number of aromatic nitrogens is 1. The number of nitrogens with zero attached hydrogens (tertiary/aromatic N) is 2. The van der Waals surface area contributed by atoms with E-state index in [9.17, 15) is 10.0 Å². The Kier molecular flexibility index (Phi) is 5.93. The van der Waals surface area contributed by atoms with E-state index in [2.05, 4.69) is 28.0 Å². The SMILES string of the molecule is CCCCCOc1ccc(Cn2c(O)c(N=O)c3cc(Br)ccc32)cc1. The molecule has 0 unspecified atom stereocenters. The van der Waals surface area contributed by atoms with Crippen LogP contribution in [0.25, 0.3) is 10.9 Å². The molecule has 0 spiro atoms. The Labute approximate surface area is 160 Å². The standard InChI is InChI=1S/C20H21BrN2O3/c1-2-3-4-11-26-16-8-5-14(6-9-16)13-23-18-10-7-15(21)12-17(18)19(22-25)20(23)24/h5-10,12,24H,2-4,11,13H2,1H3. The zero-order valence-corrected chi connectivity index (χ0v) is 16.2. The average molecular weight is 417 g/mol. The van der Waals surface area contributed by atoms with Crippen LogP contribution < -0.4 is 4.74 Å². The Morgan fingerprint density at radius 2 is 1.92 bits per heavy atom. The van der Waals surface area contributed by atoms with Crippen LogP contribution in [0.5, 0.6) is 11.6 Å². The maximum absolute atomic E-state index is 11.2. The maximum atomic E-state index is 11.2. The lowest BCUT2D eigenvalue weighted by molar-refractivity contribution is 0.306. The molecule has 1 heterocycles. The Balaban J connectivity index is 1.81. The van der Waals surface area contributed by atoms with Crippen LogP contribution in [0, 0.1) is 4.91 Å². The molecule has 5 nitrogen and oxygen atoms in total. The molecule has 0 aliphatic heterocycles. The van der Waals surface area contributed by atoms with Gasteiger partial charge in [-0.15, -0.1) is 4.91 Å². The Morgan fingerprint density at radius 3 is 2.62 bits per heavy atom. The summed E-state index contributed by atoms with van der Waals surface area (Å²) in [5.41, 5.74) is 1.83. The van der Waals surface area contributed by atoms with Crippen molar-refractivity contribution in [1.29, 1.82) is 0 Å². The Bertz CT molecular complexity index is 904. The average Bonchev–Trinajstić information content (AvgIpc) is 2.90. The number of rotatable bonds is 8. The van der Waals surface area contributed by atoms with Crippen LogP contribution in [0.15, 0.2) is 52.1 Å². The highest BCUT2D eigenvalue weighted by Crippen LogP contribution is 2.40. The molecule has 2 aromatic carbocycles. The van der Waals surface area contributed by atoms with Gasteiger partial charge in [0.1, 0.15) is 5.75 Å². The summed E-state index contributed by atoms with van der Waals surface area (Å²) in [5, 5.41) is 14.0. The van der Waals surface area contributed by atoms with Crippen LogP contribution in [-0.4, -0.2) is 16.3 Å². The molecular weight excluding hydrogens is 396 g/mol. The van der Waals surface area contributed by atoms with Crippen molar-refractivity contribution in [2.75, 3.05) is 6.61 Å². The van der Waals surface area contributed by atoms with Crippen LogP contribution in [0.1, 0.15) is 31.7 Å². The van der Waals surface area contributed by atoms with Crippen molar-refractivity contribution in [3.63, 3.8) is 0 Å². The molecule has 0 aliphatic rings. The van der Waals surface area contributed by atoms with Crippen molar-refractivity contribution in [3.05, 3.63) is 57.4 Å². The number of benzene rings is 2. The fourth-order valence-electron chi connectivity index (χ4n) is 2.96. The number of nitroso groups, excluding NO2 is 1. The summed E-state index contributed by atoms with van der Waals surface area (Å²) in [6.45, 7) is 3.33. The van der Waals surface area contributed by atoms with Gasteiger partial charge >= 0.3 is 0 Å². The van der Waals surface area contributed by atoms with Crippen LogP contribution in [0.3, 0.4) is 0 Å². The Morgan fingerprint density at radius 1 is 1.15 bits per heavy atom. The second-order valence-electron chi connectivity index (χ2n) is 6.21. The third-order valence-electron chi connectivity index (χ3n) is 4.34. The molecule has 3 rings (SSSR count). The van der Waals surface area contributed by atoms with Crippen molar-refractivity contribution in [2.24, 2.45) is 5.18 Å². The van der Waals surface area contributed by atoms with Gasteiger partial charge in [-0.3, -0.25) is 0 Å². The number of fused-ring (bicyclic) bond motifs is 1. The molecule has 0 saturated carbocycles. The van der Waals surface area contributed by atoms with Crippen LogP contribution in [-0.2, 0) is 6.54 Å². The number of hydrogen-bond donors (Lipinski definition) is 1. The molecule has 0 amide bonds. The first-order chi connectivity index (χ1) is 12.6. The van der Waals surface area contributed by atoms with Gasteiger partial charge in [-0.2, -0.15) is 0 Å². The molecular formula is C20H21BrN2O3. The van der Waals surface area contributed by atoms with Gasteiger partial charge in [0.25, 0.3) is 0 Å². The van der Waals surface area contributed by atoms with Gasteiger partial charge in [0.05, 0.1) is 18.7 Å². The molecule has 0 bridgehead atoms. The lowest BCUT2D eigenvalue weighted by Crippen LogP contribution is -2.00. The van der Waals surface area contributed by atoms with Gasteiger partial charge in [0.15, 0.2) is 5.69 Å². The van der Waals surface area contributed by atoms with Gasteiger partial charge in [0.2, 0.25) is 5.88 Å². The second kappa shape index (κ2) is 8.36. The van der Waals surface area contributed by atoms with Gasteiger partial charge < -0.3 is 14.4 Å². The summed E-state index contributed by atoms with van der Waals surface area (Å²) in [6.07, 6.45) is 3.39. The number of unbranched alkanes of at least 4 members (excludes halogenated alkanes) is 2. The van der Waals surface area contributed by atoms with Gasteiger partial charge in [-0.25, -0.2) is 0 Å². The lowest BCUT2D eigenvalue weighted by Gasteiger charge is -2.09. The summed E-state index contributed by atoms with van der Waals surface area (Å²) in [7, 11) is 0. The van der Waals surface area contributed by atoms with Gasteiger partial charge in [-0.1, -0.05) is 47.8 Å². The molecule has 1 N–H and O–H groups in total. The molecule has 0 fully saturated rings. The smallest absolute Gasteiger partial charge is 0.222 e. The normalized spacial score (nSPS) is 11.0. The third-order valence-corrected chi connectivity index (χ3v) is 4.84. The van der Waals surface area contributed by atoms with E-state index in [0.29, 0.717) is 11.9 Å². The highest BCUT2D eigenvalue weighted by atomic mass is 79.9. The molecule has 6 heteroatoms. The van der Waals surface area contributed by atoms with Crippen LogP contribution >= 0.6 is 15.9 Å². The predicted molar refractivity (Wildman–Crippen MR) is 107 cm³/mol. The fourth-order valence-corrected chi connectivity index (χ4v) is 3.32. The fraction of sp³-hybridized carbons (Fsp3) is 0.300. The van der Waals surface area contributed by atoms with Crippen molar-refractivity contribution in [2.45, 2.75) is 32.7 Å². The van der Waals surface area contributed by atoms with Crippen LogP contribution in [0.4, 0.5) is 5.69 Å². The van der Waals surface area contributed by atoms with Crippen molar-refractivity contribution in [1.82, 2.24) is 4.57 Å². The first-order valence-electron chi connectivity index (χ1n) is 8.70. The maximum Gasteiger partial charge on any atom is 0.222 e. The van der Waals surface area contributed by atoms with E-state index < -0.39 is 0 Å². The van der Waals surface area contributed by atoms with E-state index in [1.165, 1.54) is 12.8 Å². The highest BCUT2D eigenvalue weighted by Gasteiger charge is 2.18. The van der Waals surface area contributed by atoms with Gasteiger partial charge in [-0.05, 0) is 47.5 Å². The van der Waals surface area contributed by atoms with E-state index in [4.69, 9.17) is 4.74 Å². The van der Waals surface area contributed by atoms with Crippen molar-refractivity contribution in [3.8, 4) is 11.6 Å². The van der Waals surface area contributed by atoms with E-state index in [-0.39, 0.29) is 11.6 Å². The Hall–Kier alpha value is -2.34. The summed E-state index contributed by atoms with van der Waals surface area (Å²) in [5.74, 6) is 0.721.